The first-order valence-corrected chi connectivity index (χ1v) is 13.1. The summed E-state index contributed by atoms with van der Waals surface area (Å²) in [5.41, 5.74) is 0.529. The first-order chi connectivity index (χ1) is 15.6. The molecule has 1 aromatic carbocycles. The van der Waals surface area contributed by atoms with E-state index in [0.29, 0.717) is 11.2 Å². The standard InChI is InChI=1S/C12H15F2NO.C10H21N.3C2H6/c1-15-6-4-9(5-7-15)16-10-2-3-11(13)12(14)8-10;1-10(2,3)9-5-7-11(4)8-6-9;3*1-2/h2-3,8-9H,4-7H2,1H3;9H,5-8H2,1-4H3;3*1-2H3. The molecular formula is C28H54F2N2O. The molecule has 0 aromatic heterocycles. The van der Waals surface area contributed by atoms with Crippen molar-refractivity contribution in [1.82, 2.24) is 9.80 Å². The van der Waals surface area contributed by atoms with E-state index in [2.05, 4.69) is 44.7 Å². The molecule has 2 aliphatic heterocycles. The third kappa shape index (κ3) is 14.6. The van der Waals surface area contributed by atoms with Crippen LogP contribution in [0, 0.1) is 23.0 Å². The molecular weight excluding hydrogens is 418 g/mol. The maximum Gasteiger partial charge on any atom is 0.162 e. The molecule has 0 amide bonds. The molecule has 196 valence electrons. The molecule has 2 heterocycles. The van der Waals surface area contributed by atoms with Crippen LogP contribution >= 0.6 is 0 Å². The predicted molar refractivity (Wildman–Crippen MR) is 141 cm³/mol. The van der Waals surface area contributed by atoms with Crippen LogP contribution in [0.5, 0.6) is 5.75 Å². The molecule has 1 aromatic rings. The van der Waals surface area contributed by atoms with Gasteiger partial charge >= 0.3 is 0 Å². The van der Waals surface area contributed by atoms with E-state index in [1.807, 2.05) is 41.5 Å². The van der Waals surface area contributed by atoms with E-state index >= 15 is 0 Å². The van der Waals surface area contributed by atoms with Crippen LogP contribution in [-0.4, -0.2) is 56.2 Å². The first-order valence-electron chi connectivity index (χ1n) is 13.1. The van der Waals surface area contributed by atoms with Crippen molar-refractivity contribution in [2.24, 2.45) is 11.3 Å². The van der Waals surface area contributed by atoms with Gasteiger partial charge < -0.3 is 14.5 Å². The Balaban J connectivity index is 0. The van der Waals surface area contributed by atoms with Gasteiger partial charge in [0.25, 0.3) is 0 Å². The van der Waals surface area contributed by atoms with Crippen LogP contribution in [-0.2, 0) is 0 Å². The van der Waals surface area contributed by atoms with Gasteiger partial charge in [0.15, 0.2) is 11.6 Å². The van der Waals surface area contributed by atoms with E-state index < -0.39 is 11.6 Å². The summed E-state index contributed by atoms with van der Waals surface area (Å²) in [7, 11) is 4.28. The molecule has 5 heteroatoms. The quantitative estimate of drug-likeness (QED) is 0.435. The average molecular weight is 473 g/mol. The monoisotopic (exact) mass is 472 g/mol. The molecule has 33 heavy (non-hydrogen) atoms. The number of rotatable bonds is 2. The average Bonchev–Trinajstić information content (AvgIpc) is 2.82. The highest BCUT2D eigenvalue weighted by atomic mass is 19.2. The maximum atomic E-state index is 12.9. The van der Waals surface area contributed by atoms with Crippen LogP contribution in [0.25, 0.3) is 0 Å². The predicted octanol–water partition coefficient (Wildman–Crippen LogP) is 7.89. The number of ether oxygens (including phenoxy) is 1. The van der Waals surface area contributed by atoms with Crippen molar-refractivity contribution in [2.75, 3.05) is 40.3 Å². The topological polar surface area (TPSA) is 15.7 Å². The summed E-state index contributed by atoms with van der Waals surface area (Å²) in [6, 6.07) is 3.67. The van der Waals surface area contributed by atoms with Crippen molar-refractivity contribution < 1.29 is 13.5 Å². The number of likely N-dealkylation sites (tertiary alicyclic amines) is 2. The molecule has 0 saturated carbocycles. The van der Waals surface area contributed by atoms with Gasteiger partial charge in [-0.2, -0.15) is 0 Å². The Morgan fingerprint density at radius 2 is 1.15 bits per heavy atom. The highest BCUT2D eigenvalue weighted by Gasteiger charge is 2.27. The second kappa shape index (κ2) is 19.1. The van der Waals surface area contributed by atoms with Crippen LogP contribution in [0.3, 0.4) is 0 Å². The highest BCUT2D eigenvalue weighted by Crippen LogP contribution is 2.33. The van der Waals surface area contributed by atoms with Gasteiger partial charge in [0.2, 0.25) is 0 Å². The van der Waals surface area contributed by atoms with Crippen LogP contribution in [0.4, 0.5) is 8.78 Å². The van der Waals surface area contributed by atoms with E-state index in [1.165, 1.54) is 32.0 Å². The lowest BCUT2D eigenvalue weighted by Gasteiger charge is -2.37. The molecule has 0 N–H and O–H groups in total. The summed E-state index contributed by atoms with van der Waals surface area (Å²) in [6.07, 6.45) is 4.74. The second-order valence-electron chi connectivity index (χ2n) is 9.14. The second-order valence-corrected chi connectivity index (χ2v) is 9.14. The molecule has 2 fully saturated rings. The lowest BCUT2D eigenvalue weighted by Crippen LogP contribution is -2.35. The third-order valence-electron chi connectivity index (χ3n) is 5.80. The molecule has 0 unspecified atom stereocenters. The summed E-state index contributed by atoms with van der Waals surface area (Å²) in [6.45, 7) is 23.6. The van der Waals surface area contributed by atoms with Gasteiger partial charge in [-0.15, -0.1) is 0 Å². The normalized spacial score (nSPS) is 17.6. The summed E-state index contributed by atoms with van der Waals surface area (Å²) in [5.74, 6) is -0.340. The maximum absolute atomic E-state index is 12.9. The van der Waals surface area contributed by atoms with Crippen molar-refractivity contribution in [3.8, 4) is 5.75 Å². The zero-order valence-corrected chi connectivity index (χ0v) is 23.6. The van der Waals surface area contributed by atoms with Crippen LogP contribution in [0.15, 0.2) is 18.2 Å². The number of hydrogen-bond acceptors (Lipinski definition) is 3. The Morgan fingerprint density at radius 1 is 0.727 bits per heavy atom. The Labute approximate surface area is 204 Å². The van der Waals surface area contributed by atoms with Gasteiger partial charge in [-0.1, -0.05) is 62.3 Å². The van der Waals surface area contributed by atoms with E-state index in [9.17, 15) is 8.78 Å². The van der Waals surface area contributed by atoms with E-state index in [4.69, 9.17) is 4.74 Å². The highest BCUT2D eigenvalue weighted by molar-refractivity contribution is 5.23. The van der Waals surface area contributed by atoms with Gasteiger partial charge in [0.05, 0.1) is 0 Å². The summed E-state index contributed by atoms with van der Waals surface area (Å²) in [5, 5.41) is 0. The van der Waals surface area contributed by atoms with Crippen molar-refractivity contribution in [1.29, 1.82) is 0 Å². The zero-order valence-electron chi connectivity index (χ0n) is 23.6. The molecule has 0 atom stereocenters. The number of piperidine rings is 2. The first kappa shape index (κ1) is 34.0. The Bertz CT molecular complexity index is 574. The van der Waals surface area contributed by atoms with Crippen LogP contribution in [0.2, 0.25) is 0 Å². The van der Waals surface area contributed by atoms with E-state index in [1.54, 1.807) is 0 Å². The molecule has 3 nitrogen and oxygen atoms in total. The molecule has 0 aliphatic carbocycles. The van der Waals surface area contributed by atoms with Gasteiger partial charge in [-0.3, -0.25) is 0 Å². The summed E-state index contributed by atoms with van der Waals surface area (Å²) in [4.78, 5) is 4.66. The fourth-order valence-electron chi connectivity index (χ4n) is 3.72. The molecule has 0 bridgehead atoms. The van der Waals surface area contributed by atoms with Crippen LogP contribution in [0.1, 0.15) is 88.0 Å². The fourth-order valence-corrected chi connectivity index (χ4v) is 3.72. The molecule has 3 rings (SSSR count). The minimum absolute atomic E-state index is 0.112. The molecule has 2 saturated heterocycles. The minimum atomic E-state index is -0.856. The van der Waals surface area contributed by atoms with E-state index in [0.717, 1.165) is 44.0 Å². The third-order valence-corrected chi connectivity index (χ3v) is 5.80. The number of nitrogens with zero attached hydrogens (tertiary/aromatic N) is 2. The van der Waals surface area contributed by atoms with Crippen molar-refractivity contribution in [3.05, 3.63) is 29.8 Å². The van der Waals surface area contributed by atoms with Gasteiger partial charge in [0.1, 0.15) is 11.9 Å². The Morgan fingerprint density at radius 3 is 1.55 bits per heavy atom. The smallest absolute Gasteiger partial charge is 0.162 e. The zero-order chi connectivity index (χ0) is 26.0. The largest absolute Gasteiger partial charge is 0.490 e. The SMILES string of the molecule is CC.CC.CC.CN1CCC(C(C)(C)C)CC1.CN1CCC(Oc2ccc(F)c(F)c2)CC1. The van der Waals surface area contributed by atoms with Crippen molar-refractivity contribution in [2.45, 2.75) is 94.1 Å². The van der Waals surface area contributed by atoms with Crippen molar-refractivity contribution in [3.63, 3.8) is 0 Å². The fraction of sp³-hybridized carbons (Fsp3) is 0.786. The summed E-state index contributed by atoms with van der Waals surface area (Å²) >= 11 is 0. The summed E-state index contributed by atoms with van der Waals surface area (Å²) < 4.78 is 31.2. The lowest BCUT2D eigenvalue weighted by molar-refractivity contribution is 0.114. The number of benzene rings is 1. The van der Waals surface area contributed by atoms with E-state index in [-0.39, 0.29) is 6.10 Å². The van der Waals surface area contributed by atoms with Gasteiger partial charge in [0, 0.05) is 19.2 Å². The Hall–Kier alpha value is -1.20. The lowest BCUT2D eigenvalue weighted by atomic mass is 9.75. The molecule has 0 spiro atoms. The molecule has 0 radical (unpaired) electrons. The van der Waals surface area contributed by atoms with Crippen LogP contribution < -0.4 is 4.74 Å². The van der Waals surface area contributed by atoms with Gasteiger partial charge in [-0.25, -0.2) is 8.78 Å². The number of hydrogen-bond donors (Lipinski definition) is 0. The van der Waals surface area contributed by atoms with Crippen molar-refractivity contribution >= 4 is 0 Å². The molecule has 2 aliphatic rings. The van der Waals surface area contributed by atoms with Gasteiger partial charge in [-0.05, 0) is 76.3 Å². The minimum Gasteiger partial charge on any atom is -0.490 e. The Kier molecular flexibility index (Phi) is 19.7. The number of halogens is 2.